The normalized spacial score (nSPS) is 17.2. The van der Waals surface area contributed by atoms with E-state index in [1.54, 1.807) is 12.1 Å². The maximum atomic E-state index is 5.91. The third-order valence-corrected chi connectivity index (χ3v) is 3.24. The van der Waals surface area contributed by atoms with Gasteiger partial charge in [-0.3, -0.25) is 0 Å². The molecular weight excluding hydrogens is 245 g/mol. The summed E-state index contributed by atoms with van der Waals surface area (Å²) in [4.78, 5) is 0. The number of rotatable bonds is 5. The third kappa shape index (κ3) is 3.55. The van der Waals surface area contributed by atoms with Crippen molar-refractivity contribution in [3.63, 3.8) is 0 Å². The summed E-state index contributed by atoms with van der Waals surface area (Å²) < 4.78 is 5.72. The summed E-state index contributed by atoms with van der Waals surface area (Å²) in [5.41, 5.74) is 0. The van der Waals surface area contributed by atoms with Crippen LogP contribution in [0, 0.1) is 0 Å². The lowest BCUT2D eigenvalue weighted by Gasteiger charge is -2.15. The van der Waals surface area contributed by atoms with Gasteiger partial charge in [0, 0.05) is 18.7 Å². The van der Waals surface area contributed by atoms with Crippen molar-refractivity contribution in [2.24, 2.45) is 0 Å². The second-order valence-corrected chi connectivity index (χ2v) is 5.00. The Morgan fingerprint density at radius 2 is 2.12 bits per heavy atom. The number of halogens is 2. The minimum atomic E-state index is 0.137. The molecule has 1 unspecified atom stereocenters. The van der Waals surface area contributed by atoms with E-state index in [-0.39, 0.29) is 6.10 Å². The Morgan fingerprint density at radius 3 is 2.75 bits per heavy atom. The first-order valence-corrected chi connectivity index (χ1v) is 6.26. The van der Waals surface area contributed by atoms with Crippen LogP contribution in [0.4, 0.5) is 0 Å². The number of ether oxygens (including phenoxy) is 1. The fourth-order valence-corrected chi connectivity index (χ4v) is 1.73. The van der Waals surface area contributed by atoms with Gasteiger partial charge in [-0.25, -0.2) is 0 Å². The summed E-state index contributed by atoms with van der Waals surface area (Å²) in [5, 5.41) is 4.50. The summed E-state index contributed by atoms with van der Waals surface area (Å²) in [7, 11) is 0. The van der Waals surface area contributed by atoms with E-state index in [9.17, 15) is 0 Å². The molecule has 0 aliphatic heterocycles. The molecule has 1 fully saturated rings. The van der Waals surface area contributed by atoms with Crippen LogP contribution in [0.5, 0.6) is 5.75 Å². The standard InChI is InChI=1S/C12H15Cl2NO/c1-8(7-15-9-2-3-9)16-10-4-5-11(13)12(14)6-10/h4-6,8-9,15H,2-3,7H2,1H3. The Kier molecular flexibility index (Phi) is 3.95. The van der Waals surface area contributed by atoms with E-state index < -0.39 is 0 Å². The van der Waals surface area contributed by atoms with Gasteiger partial charge in [0.1, 0.15) is 11.9 Å². The van der Waals surface area contributed by atoms with Crippen molar-refractivity contribution in [3.8, 4) is 5.75 Å². The molecule has 0 heterocycles. The molecule has 1 aliphatic rings. The largest absolute Gasteiger partial charge is 0.489 e. The third-order valence-electron chi connectivity index (χ3n) is 2.50. The van der Waals surface area contributed by atoms with Crippen LogP contribution in [0.2, 0.25) is 10.0 Å². The second-order valence-electron chi connectivity index (χ2n) is 4.19. The quantitative estimate of drug-likeness (QED) is 0.874. The molecule has 88 valence electrons. The summed E-state index contributed by atoms with van der Waals surface area (Å²) in [6.45, 7) is 2.91. The molecule has 1 aliphatic carbocycles. The maximum absolute atomic E-state index is 5.91. The first-order valence-electron chi connectivity index (χ1n) is 5.50. The van der Waals surface area contributed by atoms with Crippen molar-refractivity contribution >= 4 is 23.2 Å². The van der Waals surface area contributed by atoms with Crippen molar-refractivity contribution < 1.29 is 4.74 Å². The van der Waals surface area contributed by atoms with Gasteiger partial charge in [0.05, 0.1) is 10.0 Å². The van der Waals surface area contributed by atoms with Crippen LogP contribution in [0.25, 0.3) is 0 Å². The van der Waals surface area contributed by atoms with Gasteiger partial charge >= 0.3 is 0 Å². The van der Waals surface area contributed by atoms with Gasteiger partial charge in [0.2, 0.25) is 0 Å². The number of benzene rings is 1. The Hall–Kier alpha value is -0.440. The van der Waals surface area contributed by atoms with Gasteiger partial charge in [-0.05, 0) is 31.9 Å². The monoisotopic (exact) mass is 259 g/mol. The highest BCUT2D eigenvalue weighted by molar-refractivity contribution is 6.42. The van der Waals surface area contributed by atoms with E-state index in [0.717, 1.165) is 12.3 Å². The molecule has 4 heteroatoms. The molecule has 2 nitrogen and oxygen atoms in total. The highest BCUT2D eigenvalue weighted by atomic mass is 35.5. The molecule has 0 spiro atoms. The van der Waals surface area contributed by atoms with Crippen LogP contribution in [0.1, 0.15) is 19.8 Å². The number of nitrogens with one attached hydrogen (secondary N) is 1. The van der Waals surface area contributed by atoms with Crippen molar-refractivity contribution in [1.82, 2.24) is 5.32 Å². The Labute approximate surface area is 106 Å². The van der Waals surface area contributed by atoms with Gasteiger partial charge in [-0.1, -0.05) is 23.2 Å². The molecular formula is C12H15Cl2NO. The highest BCUT2D eigenvalue weighted by Crippen LogP contribution is 2.26. The number of hydrogen-bond donors (Lipinski definition) is 1. The van der Waals surface area contributed by atoms with Gasteiger partial charge in [-0.2, -0.15) is 0 Å². The molecule has 0 aromatic heterocycles. The van der Waals surface area contributed by atoms with Crippen LogP contribution < -0.4 is 10.1 Å². The second kappa shape index (κ2) is 5.26. The van der Waals surface area contributed by atoms with Crippen molar-refractivity contribution in [1.29, 1.82) is 0 Å². The molecule has 1 N–H and O–H groups in total. The Morgan fingerprint density at radius 1 is 1.38 bits per heavy atom. The minimum Gasteiger partial charge on any atom is -0.489 e. The lowest BCUT2D eigenvalue weighted by molar-refractivity contribution is 0.216. The molecule has 1 saturated carbocycles. The highest BCUT2D eigenvalue weighted by Gasteiger charge is 2.21. The molecule has 16 heavy (non-hydrogen) atoms. The molecule has 0 amide bonds. The summed E-state index contributed by atoms with van der Waals surface area (Å²) in [6, 6.07) is 6.04. The first-order chi connectivity index (χ1) is 7.65. The SMILES string of the molecule is CC(CNC1CC1)Oc1ccc(Cl)c(Cl)c1. The predicted octanol–water partition coefficient (Wildman–Crippen LogP) is 3.51. The van der Waals surface area contributed by atoms with Crippen LogP contribution in [0.15, 0.2) is 18.2 Å². The van der Waals surface area contributed by atoms with E-state index in [2.05, 4.69) is 5.32 Å². The van der Waals surface area contributed by atoms with Gasteiger partial charge in [0.25, 0.3) is 0 Å². The van der Waals surface area contributed by atoms with E-state index in [0.29, 0.717) is 16.1 Å². The Bertz CT molecular complexity index is 366. The molecule has 0 saturated heterocycles. The van der Waals surface area contributed by atoms with Crippen LogP contribution in [-0.4, -0.2) is 18.7 Å². The van der Waals surface area contributed by atoms with Crippen molar-refractivity contribution in [2.75, 3.05) is 6.54 Å². The Balaban J connectivity index is 1.84. The van der Waals surface area contributed by atoms with Crippen LogP contribution in [-0.2, 0) is 0 Å². The fraction of sp³-hybridized carbons (Fsp3) is 0.500. The summed E-state index contributed by atoms with van der Waals surface area (Å²) in [5.74, 6) is 0.763. The summed E-state index contributed by atoms with van der Waals surface area (Å²) >= 11 is 11.7. The van der Waals surface area contributed by atoms with Gasteiger partial charge in [-0.15, -0.1) is 0 Å². The zero-order chi connectivity index (χ0) is 11.5. The zero-order valence-corrected chi connectivity index (χ0v) is 10.7. The zero-order valence-electron chi connectivity index (χ0n) is 9.17. The first kappa shape index (κ1) is 12.0. The smallest absolute Gasteiger partial charge is 0.121 e. The molecule has 0 bridgehead atoms. The average molecular weight is 260 g/mol. The van der Waals surface area contributed by atoms with E-state index in [1.807, 2.05) is 13.0 Å². The molecule has 0 radical (unpaired) electrons. The van der Waals surface area contributed by atoms with Crippen LogP contribution >= 0.6 is 23.2 Å². The van der Waals surface area contributed by atoms with E-state index in [4.69, 9.17) is 27.9 Å². The molecule has 2 rings (SSSR count). The van der Waals surface area contributed by atoms with Crippen molar-refractivity contribution in [3.05, 3.63) is 28.2 Å². The molecule has 1 atom stereocenters. The van der Waals surface area contributed by atoms with E-state index >= 15 is 0 Å². The molecule has 1 aromatic rings. The lowest BCUT2D eigenvalue weighted by Crippen LogP contribution is -2.30. The van der Waals surface area contributed by atoms with E-state index in [1.165, 1.54) is 12.8 Å². The average Bonchev–Trinajstić information content (AvgIpc) is 3.04. The van der Waals surface area contributed by atoms with Gasteiger partial charge in [0.15, 0.2) is 0 Å². The minimum absolute atomic E-state index is 0.137. The van der Waals surface area contributed by atoms with Crippen molar-refractivity contribution in [2.45, 2.75) is 31.9 Å². The predicted molar refractivity (Wildman–Crippen MR) is 67.6 cm³/mol. The fourth-order valence-electron chi connectivity index (χ4n) is 1.44. The molecule has 1 aromatic carbocycles. The topological polar surface area (TPSA) is 21.3 Å². The summed E-state index contributed by atoms with van der Waals surface area (Å²) in [6.07, 6.45) is 2.72. The van der Waals surface area contributed by atoms with Gasteiger partial charge < -0.3 is 10.1 Å². The maximum Gasteiger partial charge on any atom is 0.121 e. The number of hydrogen-bond acceptors (Lipinski definition) is 2. The lowest BCUT2D eigenvalue weighted by atomic mass is 10.3. The van der Waals surface area contributed by atoms with Crippen LogP contribution in [0.3, 0.4) is 0 Å².